The molecule has 2 amide bonds. The van der Waals surface area contributed by atoms with Crippen LogP contribution in [0.4, 0.5) is 0 Å². The summed E-state index contributed by atoms with van der Waals surface area (Å²) < 4.78 is 10.7. The van der Waals surface area contributed by atoms with Crippen LogP contribution in [0.2, 0.25) is 5.02 Å². The third-order valence-corrected chi connectivity index (χ3v) is 4.11. The summed E-state index contributed by atoms with van der Waals surface area (Å²) in [6.45, 7) is 0.708. The molecule has 2 aromatic heterocycles. The highest BCUT2D eigenvalue weighted by molar-refractivity contribution is 6.30. The molecule has 0 spiro atoms. The van der Waals surface area contributed by atoms with E-state index in [2.05, 4.69) is 10.6 Å². The number of carbonyl (C=O) groups excluding carboxylic acids is 2. The first-order valence-electron chi connectivity index (χ1n) is 8.55. The van der Waals surface area contributed by atoms with Gasteiger partial charge in [-0.3, -0.25) is 9.59 Å². The Hall–Kier alpha value is -2.99. The Kier molecular flexibility index (Phi) is 6.33. The topological polar surface area (TPSA) is 84.5 Å². The minimum Gasteiger partial charge on any atom is -0.459 e. The monoisotopic (exact) mass is 386 g/mol. The first-order valence-corrected chi connectivity index (χ1v) is 8.92. The first-order chi connectivity index (χ1) is 13.1. The van der Waals surface area contributed by atoms with E-state index in [0.29, 0.717) is 36.7 Å². The fraction of sp³-hybridized carbons (Fsp3) is 0.200. The lowest BCUT2D eigenvalue weighted by Gasteiger charge is -2.05. The Labute approximate surface area is 161 Å². The predicted molar refractivity (Wildman–Crippen MR) is 101 cm³/mol. The third kappa shape index (κ3) is 5.49. The summed E-state index contributed by atoms with van der Waals surface area (Å²) in [5.74, 6) is 1.25. The molecular formula is C20H19ClN2O4. The second kappa shape index (κ2) is 9.09. The van der Waals surface area contributed by atoms with Crippen molar-refractivity contribution < 1.29 is 18.4 Å². The van der Waals surface area contributed by atoms with Crippen molar-refractivity contribution in [1.82, 2.24) is 10.6 Å². The molecule has 0 atom stereocenters. The normalized spacial score (nSPS) is 10.6. The lowest BCUT2D eigenvalue weighted by molar-refractivity contribution is -0.121. The summed E-state index contributed by atoms with van der Waals surface area (Å²) in [6.07, 6.45) is 2.28. The fourth-order valence-corrected chi connectivity index (χ4v) is 2.59. The summed E-state index contributed by atoms with van der Waals surface area (Å²) in [6, 6.07) is 14.3. The Bertz CT molecular complexity index is 885. The molecule has 1 aromatic carbocycles. The number of benzene rings is 1. The third-order valence-electron chi connectivity index (χ3n) is 3.86. The largest absolute Gasteiger partial charge is 0.459 e. The molecule has 6 nitrogen and oxygen atoms in total. The summed E-state index contributed by atoms with van der Waals surface area (Å²) in [7, 11) is 0. The van der Waals surface area contributed by atoms with E-state index in [1.54, 1.807) is 24.3 Å². The van der Waals surface area contributed by atoms with Gasteiger partial charge in [0.05, 0.1) is 12.8 Å². The van der Waals surface area contributed by atoms with Crippen molar-refractivity contribution in [3.63, 3.8) is 0 Å². The van der Waals surface area contributed by atoms with Gasteiger partial charge in [0.1, 0.15) is 11.5 Å². The van der Waals surface area contributed by atoms with Gasteiger partial charge >= 0.3 is 0 Å². The average molecular weight is 387 g/mol. The van der Waals surface area contributed by atoms with Gasteiger partial charge in [0.15, 0.2) is 5.76 Å². The van der Waals surface area contributed by atoms with Crippen molar-refractivity contribution >= 4 is 23.4 Å². The maximum Gasteiger partial charge on any atom is 0.286 e. The van der Waals surface area contributed by atoms with Crippen LogP contribution in [-0.2, 0) is 11.3 Å². The van der Waals surface area contributed by atoms with Gasteiger partial charge in [-0.15, -0.1) is 0 Å². The first kappa shape index (κ1) is 18.8. The van der Waals surface area contributed by atoms with Gasteiger partial charge < -0.3 is 19.5 Å². The van der Waals surface area contributed by atoms with Crippen LogP contribution in [0.25, 0.3) is 11.3 Å². The molecule has 27 heavy (non-hydrogen) atoms. The molecule has 3 aromatic rings. The Morgan fingerprint density at radius 2 is 1.81 bits per heavy atom. The highest BCUT2D eigenvalue weighted by atomic mass is 35.5. The van der Waals surface area contributed by atoms with Crippen molar-refractivity contribution in [1.29, 1.82) is 0 Å². The molecule has 0 saturated heterocycles. The van der Waals surface area contributed by atoms with Crippen LogP contribution >= 0.6 is 11.6 Å². The van der Waals surface area contributed by atoms with Crippen molar-refractivity contribution in [3.8, 4) is 11.3 Å². The van der Waals surface area contributed by atoms with Crippen LogP contribution in [0, 0.1) is 0 Å². The van der Waals surface area contributed by atoms with E-state index >= 15 is 0 Å². The number of hydrogen-bond acceptors (Lipinski definition) is 4. The fourth-order valence-electron chi connectivity index (χ4n) is 2.46. The second-order valence-electron chi connectivity index (χ2n) is 5.89. The van der Waals surface area contributed by atoms with Crippen LogP contribution in [-0.4, -0.2) is 18.4 Å². The molecule has 0 aliphatic carbocycles. The van der Waals surface area contributed by atoms with Gasteiger partial charge in [-0.25, -0.2) is 0 Å². The summed E-state index contributed by atoms with van der Waals surface area (Å²) in [5, 5.41) is 6.17. The second-order valence-corrected chi connectivity index (χ2v) is 6.32. The highest BCUT2D eigenvalue weighted by Crippen LogP contribution is 2.23. The SMILES string of the molecule is O=C(CCCNC(=O)c1ccco1)NCc1ccc(-c2ccc(Cl)cc2)o1. The van der Waals surface area contributed by atoms with Crippen molar-refractivity contribution in [2.45, 2.75) is 19.4 Å². The number of furan rings is 2. The van der Waals surface area contributed by atoms with Gasteiger partial charge in [-0.2, -0.15) is 0 Å². The maximum absolute atomic E-state index is 11.9. The van der Waals surface area contributed by atoms with Gasteiger partial charge in [0, 0.05) is 23.6 Å². The molecule has 140 valence electrons. The van der Waals surface area contributed by atoms with Crippen LogP contribution < -0.4 is 10.6 Å². The number of nitrogens with one attached hydrogen (secondary N) is 2. The molecule has 0 aliphatic heterocycles. The molecule has 0 saturated carbocycles. The van der Waals surface area contributed by atoms with E-state index in [9.17, 15) is 9.59 Å². The van der Waals surface area contributed by atoms with E-state index < -0.39 is 0 Å². The minimum atomic E-state index is -0.286. The van der Waals surface area contributed by atoms with Crippen molar-refractivity contribution in [3.05, 3.63) is 71.3 Å². The Balaban J connectivity index is 1.37. The zero-order valence-electron chi connectivity index (χ0n) is 14.5. The molecule has 0 radical (unpaired) electrons. The molecule has 2 N–H and O–H groups in total. The van der Waals surface area contributed by atoms with Crippen LogP contribution in [0.5, 0.6) is 0 Å². The van der Waals surface area contributed by atoms with E-state index in [4.69, 9.17) is 20.4 Å². The molecule has 7 heteroatoms. The van der Waals surface area contributed by atoms with E-state index in [1.165, 1.54) is 6.26 Å². The van der Waals surface area contributed by atoms with Crippen LogP contribution in [0.1, 0.15) is 29.2 Å². The number of hydrogen-bond donors (Lipinski definition) is 2. The van der Waals surface area contributed by atoms with Gasteiger partial charge in [-0.1, -0.05) is 11.6 Å². The molecule has 0 unspecified atom stereocenters. The molecule has 2 heterocycles. The summed E-state index contributed by atoms with van der Waals surface area (Å²) >= 11 is 5.88. The summed E-state index contributed by atoms with van der Waals surface area (Å²) in [5.41, 5.74) is 0.921. The Morgan fingerprint density at radius 1 is 1.00 bits per heavy atom. The minimum absolute atomic E-state index is 0.105. The van der Waals surface area contributed by atoms with E-state index in [1.807, 2.05) is 24.3 Å². The van der Waals surface area contributed by atoms with Gasteiger partial charge in [-0.05, 0) is 55.0 Å². The molecule has 0 bridgehead atoms. The average Bonchev–Trinajstić information content (AvgIpc) is 3.36. The predicted octanol–water partition coefficient (Wildman–Crippen LogP) is 4.02. The van der Waals surface area contributed by atoms with Crippen molar-refractivity contribution in [2.75, 3.05) is 6.54 Å². The quantitative estimate of drug-likeness (QED) is 0.572. The Morgan fingerprint density at radius 3 is 2.56 bits per heavy atom. The number of halogens is 1. The van der Waals surface area contributed by atoms with E-state index in [-0.39, 0.29) is 17.6 Å². The lowest BCUT2D eigenvalue weighted by atomic mass is 10.2. The van der Waals surface area contributed by atoms with Crippen molar-refractivity contribution in [2.24, 2.45) is 0 Å². The maximum atomic E-state index is 11.9. The lowest BCUT2D eigenvalue weighted by Crippen LogP contribution is -2.27. The highest BCUT2D eigenvalue weighted by Gasteiger charge is 2.09. The zero-order valence-corrected chi connectivity index (χ0v) is 15.3. The number of amides is 2. The molecule has 3 rings (SSSR count). The van der Waals surface area contributed by atoms with Crippen LogP contribution in [0.3, 0.4) is 0 Å². The number of rotatable bonds is 8. The van der Waals surface area contributed by atoms with Crippen LogP contribution in [0.15, 0.2) is 63.6 Å². The van der Waals surface area contributed by atoms with Gasteiger partial charge in [0.2, 0.25) is 5.91 Å². The van der Waals surface area contributed by atoms with E-state index in [0.717, 1.165) is 11.3 Å². The number of carbonyl (C=O) groups is 2. The molecule has 0 aliphatic rings. The summed E-state index contributed by atoms with van der Waals surface area (Å²) in [4.78, 5) is 23.6. The standard InChI is InChI=1S/C20H19ClN2O4/c21-15-7-5-14(6-8-15)17-10-9-16(27-17)13-23-19(24)4-1-11-22-20(25)18-3-2-12-26-18/h2-3,5-10,12H,1,4,11,13H2,(H,22,25)(H,23,24). The smallest absolute Gasteiger partial charge is 0.286 e. The molecular weight excluding hydrogens is 368 g/mol. The molecule has 0 fully saturated rings. The van der Waals surface area contributed by atoms with Gasteiger partial charge in [0.25, 0.3) is 5.91 Å². The zero-order chi connectivity index (χ0) is 19.1.